The summed E-state index contributed by atoms with van der Waals surface area (Å²) in [6, 6.07) is 2.21. The molecule has 19 heavy (non-hydrogen) atoms. The second kappa shape index (κ2) is 4.99. The Morgan fingerprint density at radius 1 is 1.11 bits per heavy atom. The van der Waals surface area contributed by atoms with Gasteiger partial charge in [0, 0.05) is 49.8 Å². The summed E-state index contributed by atoms with van der Waals surface area (Å²) in [6.45, 7) is 6.76. The molecule has 0 radical (unpaired) electrons. The molecule has 0 aromatic carbocycles. The minimum Gasteiger partial charge on any atom is -0.329 e. The zero-order chi connectivity index (χ0) is 13.6. The largest absolute Gasteiger partial charge is 0.329 e. The average molecular weight is 266 g/mol. The fourth-order valence-electron chi connectivity index (χ4n) is 4.58. The molecular formula is C15H30N4. The number of fused-ring (bicyclic) bond motifs is 2. The van der Waals surface area contributed by atoms with Gasteiger partial charge in [-0.05, 0) is 46.7 Å². The van der Waals surface area contributed by atoms with Crippen molar-refractivity contribution in [3.05, 3.63) is 0 Å². The van der Waals surface area contributed by atoms with Gasteiger partial charge in [0.25, 0.3) is 0 Å². The minimum atomic E-state index is 0.286. The SMILES string of the molecule is CC1CN(C2(CN)CC3CCC(C2)N3C)CCN1C. The zero-order valence-corrected chi connectivity index (χ0v) is 12.8. The molecule has 0 aromatic heterocycles. The summed E-state index contributed by atoms with van der Waals surface area (Å²) < 4.78 is 0. The molecule has 3 fully saturated rings. The average Bonchev–Trinajstić information content (AvgIpc) is 2.65. The summed E-state index contributed by atoms with van der Waals surface area (Å²) in [4.78, 5) is 7.83. The van der Waals surface area contributed by atoms with E-state index in [-0.39, 0.29) is 5.54 Å². The van der Waals surface area contributed by atoms with Crippen LogP contribution in [0.1, 0.15) is 32.6 Å². The van der Waals surface area contributed by atoms with Gasteiger partial charge in [-0.1, -0.05) is 0 Å². The molecule has 2 N–H and O–H groups in total. The Balaban J connectivity index is 1.77. The molecule has 3 heterocycles. The molecule has 3 atom stereocenters. The molecule has 0 aliphatic carbocycles. The molecule has 0 aromatic rings. The van der Waals surface area contributed by atoms with Crippen LogP contribution in [0.2, 0.25) is 0 Å². The van der Waals surface area contributed by atoms with E-state index >= 15 is 0 Å². The Hall–Kier alpha value is -0.160. The van der Waals surface area contributed by atoms with Crippen molar-refractivity contribution in [2.75, 3.05) is 40.3 Å². The number of nitrogens with zero attached hydrogens (tertiary/aromatic N) is 3. The highest BCUT2D eigenvalue weighted by Gasteiger charge is 2.49. The van der Waals surface area contributed by atoms with Crippen LogP contribution in [0.5, 0.6) is 0 Å². The number of nitrogens with two attached hydrogens (primary N) is 1. The maximum Gasteiger partial charge on any atom is 0.0362 e. The predicted molar refractivity (Wildman–Crippen MR) is 79.3 cm³/mol. The summed E-state index contributed by atoms with van der Waals surface area (Å²) in [5.74, 6) is 0. The first-order chi connectivity index (χ1) is 9.05. The van der Waals surface area contributed by atoms with E-state index in [0.717, 1.165) is 18.6 Å². The highest BCUT2D eigenvalue weighted by atomic mass is 15.3. The van der Waals surface area contributed by atoms with Crippen molar-refractivity contribution in [1.29, 1.82) is 0 Å². The molecule has 110 valence electrons. The van der Waals surface area contributed by atoms with E-state index in [2.05, 4.69) is 35.7 Å². The summed E-state index contributed by atoms with van der Waals surface area (Å²) >= 11 is 0. The van der Waals surface area contributed by atoms with E-state index in [0.29, 0.717) is 6.04 Å². The first kappa shape index (κ1) is 13.8. The Morgan fingerprint density at radius 2 is 1.74 bits per heavy atom. The molecule has 4 heteroatoms. The maximum atomic E-state index is 6.27. The van der Waals surface area contributed by atoms with Crippen LogP contribution in [-0.2, 0) is 0 Å². The quantitative estimate of drug-likeness (QED) is 0.793. The second-order valence-corrected chi connectivity index (χ2v) is 7.16. The van der Waals surface area contributed by atoms with Crippen LogP contribution in [0.4, 0.5) is 0 Å². The van der Waals surface area contributed by atoms with Crippen molar-refractivity contribution in [1.82, 2.24) is 14.7 Å². The van der Waals surface area contributed by atoms with Crippen molar-refractivity contribution in [3.63, 3.8) is 0 Å². The van der Waals surface area contributed by atoms with Crippen molar-refractivity contribution in [3.8, 4) is 0 Å². The number of piperidine rings is 1. The Bertz CT molecular complexity index is 318. The van der Waals surface area contributed by atoms with Gasteiger partial charge in [-0.25, -0.2) is 0 Å². The van der Waals surface area contributed by atoms with E-state index in [9.17, 15) is 0 Å². The lowest BCUT2D eigenvalue weighted by Gasteiger charge is -2.54. The lowest BCUT2D eigenvalue weighted by atomic mass is 9.80. The van der Waals surface area contributed by atoms with E-state index in [4.69, 9.17) is 5.73 Å². The van der Waals surface area contributed by atoms with Crippen LogP contribution in [0, 0.1) is 0 Å². The van der Waals surface area contributed by atoms with Crippen LogP contribution in [0.3, 0.4) is 0 Å². The van der Waals surface area contributed by atoms with E-state index in [1.54, 1.807) is 0 Å². The summed E-state index contributed by atoms with van der Waals surface area (Å²) in [6.07, 6.45) is 5.33. The Morgan fingerprint density at radius 3 is 2.26 bits per heavy atom. The van der Waals surface area contributed by atoms with E-state index in [1.807, 2.05) is 0 Å². The van der Waals surface area contributed by atoms with Crippen molar-refractivity contribution < 1.29 is 0 Å². The van der Waals surface area contributed by atoms with E-state index < -0.39 is 0 Å². The monoisotopic (exact) mass is 266 g/mol. The van der Waals surface area contributed by atoms with Crippen LogP contribution < -0.4 is 5.73 Å². The standard InChI is InChI=1S/C15H30N4/c1-12-10-19(7-6-17(12)2)15(11-16)8-13-4-5-14(9-15)18(13)3/h12-14H,4-11,16H2,1-3H3. The second-order valence-electron chi connectivity index (χ2n) is 7.16. The molecule has 3 unspecified atom stereocenters. The number of rotatable bonds is 2. The van der Waals surface area contributed by atoms with Crippen LogP contribution in [-0.4, -0.2) is 78.6 Å². The highest BCUT2D eigenvalue weighted by Crippen LogP contribution is 2.42. The van der Waals surface area contributed by atoms with Gasteiger partial charge in [-0.15, -0.1) is 0 Å². The third-order valence-corrected chi connectivity index (χ3v) is 6.23. The predicted octanol–water partition coefficient (Wildman–Crippen LogP) is 0.576. The normalized spacial score (nSPS) is 45.8. The van der Waals surface area contributed by atoms with Crippen LogP contribution in [0.15, 0.2) is 0 Å². The lowest BCUT2D eigenvalue weighted by molar-refractivity contribution is -0.0347. The smallest absolute Gasteiger partial charge is 0.0362 e. The van der Waals surface area contributed by atoms with Gasteiger partial charge >= 0.3 is 0 Å². The van der Waals surface area contributed by atoms with Crippen LogP contribution in [0.25, 0.3) is 0 Å². The first-order valence-electron chi connectivity index (χ1n) is 7.93. The molecule has 3 aliphatic heterocycles. The molecule has 3 saturated heterocycles. The summed E-state index contributed by atoms with van der Waals surface area (Å²) in [5, 5.41) is 0. The van der Waals surface area contributed by atoms with Gasteiger partial charge in [0.15, 0.2) is 0 Å². The number of likely N-dealkylation sites (N-methyl/N-ethyl adjacent to an activating group) is 1. The lowest BCUT2D eigenvalue weighted by Crippen LogP contribution is -2.66. The van der Waals surface area contributed by atoms with Gasteiger partial charge < -0.3 is 15.5 Å². The first-order valence-corrected chi connectivity index (χ1v) is 7.93. The Kier molecular flexibility index (Phi) is 3.63. The third kappa shape index (κ3) is 2.23. The van der Waals surface area contributed by atoms with Crippen molar-refractivity contribution in [2.45, 2.75) is 56.3 Å². The molecule has 0 saturated carbocycles. The topological polar surface area (TPSA) is 35.7 Å². The maximum absolute atomic E-state index is 6.27. The van der Waals surface area contributed by atoms with Crippen molar-refractivity contribution in [2.24, 2.45) is 5.73 Å². The molecule has 0 amide bonds. The molecule has 4 nitrogen and oxygen atoms in total. The molecule has 2 bridgehead atoms. The number of hydrogen-bond acceptors (Lipinski definition) is 4. The van der Waals surface area contributed by atoms with E-state index in [1.165, 1.54) is 45.3 Å². The number of piperazine rings is 1. The van der Waals surface area contributed by atoms with Gasteiger partial charge in [-0.2, -0.15) is 0 Å². The molecule has 3 aliphatic rings. The highest BCUT2D eigenvalue weighted by molar-refractivity contribution is 5.07. The molecule has 0 spiro atoms. The fourth-order valence-corrected chi connectivity index (χ4v) is 4.58. The zero-order valence-electron chi connectivity index (χ0n) is 12.8. The molecule has 3 rings (SSSR count). The van der Waals surface area contributed by atoms with Gasteiger partial charge in [0.05, 0.1) is 0 Å². The number of hydrogen-bond donors (Lipinski definition) is 1. The summed E-state index contributed by atoms with van der Waals surface area (Å²) in [7, 11) is 4.56. The molecular weight excluding hydrogens is 236 g/mol. The van der Waals surface area contributed by atoms with Crippen LogP contribution >= 0.6 is 0 Å². The summed E-state index contributed by atoms with van der Waals surface area (Å²) in [5.41, 5.74) is 6.56. The van der Waals surface area contributed by atoms with Gasteiger partial charge in [0.2, 0.25) is 0 Å². The minimum absolute atomic E-state index is 0.286. The Labute approximate surface area is 117 Å². The fraction of sp³-hybridized carbons (Fsp3) is 1.00. The third-order valence-electron chi connectivity index (χ3n) is 6.23. The van der Waals surface area contributed by atoms with Gasteiger partial charge in [0.1, 0.15) is 0 Å². The van der Waals surface area contributed by atoms with Crippen molar-refractivity contribution >= 4 is 0 Å². The van der Waals surface area contributed by atoms with Gasteiger partial charge in [-0.3, -0.25) is 4.90 Å².